The van der Waals surface area contributed by atoms with Crippen molar-refractivity contribution in [1.82, 2.24) is 4.90 Å². The van der Waals surface area contributed by atoms with E-state index in [0.717, 1.165) is 31.6 Å². The van der Waals surface area contributed by atoms with Crippen LogP contribution in [0.4, 0.5) is 4.39 Å². The van der Waals surface area contributed by atoms with Gasteiger partial charge in [0.25, 0.3) is 0 Å². The van der Waals surface area contributed by atoms with Crippen molar-refractivity contribution in [1.29, 1.82) is 0 Å². The number of hydrogen-bond donors (Lipinski definition) is 1. The Morgan fingerprint density at radius 1 is 1.50 bits per heavy atom. The minimum Gasteiger partial charge on any atom is -0.330 e. The summed E-state index contributed by atoms with van der Waals surface area (Å²) in [5, 5.41) is 0. The minimum atomic E-state index is -0.141. The van der Waals surface area contributed by atoms with Gasteiger partial charge in [0.1, 0.15) is 5.82 Å². The van der Waals surface area contributed by atoms with Gasteiger partial charge in [-0.2, -0.15) is 0 Å². The molecule has 1 aromatic carbocycles. The van der Waals surface area contributed by atoms with Gasteiger partial charge in [0.05, 0.1) is 0 Å². The van der Waals surface area contributed by atoms with Crippen LogP contribution in [0.2, 0.25) is 0 Å². The van der Waals surface area contributed by atoms with Crippen molar-refractivity contribution in [3.63, 3.8) is 0 Å². The topological polar surface area (TPSA) is 29.3 Å². The van der Waals surface area contributed by atoms with Gasteiger partial charge in [0, 0.05) is 12.6 Å². The first kappa shape index (κ1) is 13.5. The van der Waals surface area contributed by atoms with Crippen molar-refractivity contribution in [2.24, 2.45) is 11.7 Å². The fraction of sp³-hybridized carbons (Fsp3) is 0.600. The largest absolute Gasteiger partial charge is 0.330 e. The van der Waals surface area contributed by atoms with Crippen LogP contribution < -0.4 is 5.73 Å². The molecule has 0 amide bonds. The average Bonchev–Trinajstić information content (AvgIpc) is 2.39. The Kier molecular flexibility index (Phi) is 4.72. The van der Waals surface area contributed by atoms with Crippen molar-refractivity contribution in [2.45, 2.75) is 32.2 Å². The molecule has 1 aliphatic rings. The smallest absolute Gasteiger partial charge is 0.123 e. The number of rotatable bonds is 4. The number of nitrogens with zero attached hydrogens (tertiary/aromatic N) is 1. The zero-order chi connectivity index (χ0) is 13.0. The normalized spacial score (nSPS) is 22.9. The molecule has 1 heterocycles. The lowest BCUT2D eigenvalue weighted by molar-refractivity contribution is 0.134. The second-order valence-electron chi connectivity index (χ2n) is 5.42. The van der Waals surface area contributed by atoms with Crippen molar-refractivity contribution in [3.8, 4) is 0 Å². The van der Waals surface area contributed by atoms with Crippen LogP contribution in [0.15, 0.2) is 24.3 Å². The second kappa shape index (κ2) is 6.30. The Bertz CT molecular complexity index is 381. The lowest BCUT2D eigenvalue weighted by Gasteiger charge is -2.36. The lowest BCUT2D eigenvalue weighted by Crippen LogP contribution is -2.44. The van der Waals surface area contributed by atoms with Crippen LogP contribution in [-0.4, -0.2) is 30.6 Å². The molecule has 0 spiro atoms. The number of hydrogen-bond acceptors (Lipinski definition) is 2. The summed E-state index contributed by atoms with van der Waals surface area (Å²) < 4.78 is 13.1. The molecule has 100 valence electrons. The number of benzene rings is 1. The summed E-state index contributed by atoms with van der Waals surface area (Å²) in [6, 6.07) is 7.39. The van der Waals surface area contributed by atoms with E-state index in [1.165, 1.54) is 18.9 Å². The van der Waals surface area contributed by atoms with E-state index in [4.69, 9.17) is 5.73 Å². The molecule has 18 heavy (non-hydrogen) atoms. The van der Waals surface area contributed by atoms with E-state index in [-0.39, 0.29) is 5.82 Å². The highest BCUT2D eigenvalue weighted by atomic mass is 19.1. The fourth-order valence-corrected chi connectivity index (χ4v) is 2.82. The molecule has 1 fully saturated rings. The zero-order valence-corrected chi connectivity index (χ0v) is 11.1. The van der Waals surface area contributed by atoms with E-state index in [9.17, 15) is 4.39 Å². The standard InChI is InChI=1S/C15H23FN2/c1-12(8-13-4-2-6-15(16)9-13)18-7-3-5-14(10-17)11-18/h2,4,6,9,12,14H,3,5,7-8,10-11,17H2,1H3. The Morgan fingerprint density at radius 3 is 3.06 bits per heavy atom. The van der Waals surface area contributed by atoms with E-state index in [1.54, 1.807) is 12.1 Å². The molecule has 2 rings (SSSR count). The van der Waals surface area contributed by atoms with Crippen LogP contribution >= 0.6 is 0 Å². The Labute approximate surface area is 109 Å². The van der Waals surface area contributed by atoms with Gasteiger partial charge in [-0.15, -0.1) is 0 Å². The predicted molar refractivity (Wildman–Crippen MR) is 72.9 cm³/mol. The van der Waals surface area contributed by atoms with Gasteiger partial charge in [0.2, 0.25) is 0 Å². The maximum atomic E-state index is 13.1. The summed E-state index contributed by atoms with van der Waals surface area (Å²) in [6.45, 7) is 5.24. The molecule has 0 radical (unpaired) electrons. The molecule has 1 saturated heterocycles. The summed E-state index contributed by atoms with van der Waals surface area (Å²) in [7, 11) is 0. The van der Waals surface area contributed by atoms with E-state index >= 15 is 0 Å². The summed E-state index contributed by atoms with van der Waals surface area (Å²) in [5.74, 6) is 0.492. The summed E-state index contributed by atoms with van der Waals surface area (Å²) >= 11 is 0. The molecule has 3 heteroatoms. The molecule has 2 N–H and O–H groups in total. The maximum Gasteiger partial charge on any atom is 0.123 e. The van der Waals surface area contributed by atoms with Crippen LogP contribution in [0.3, 0.4) is 0 Å². The van der Waals surface area contributed by atoms with E-state index < -0.39 is 0 Å². The molecule has 2 nitrogen and oxygen atoms in total. The predicted octanol–water partition coefficient (Wildman–Crippen LogP) is 2.43. The lowest BCUT2D eigenvalue weighted by atomic mass is 9.95. The second-order valence-corrected chi connectivity index (χ2v) is 5.42. The number of likely N-dealkylation sites (tertiary alicyclic amines) is 1. The Hall–Kier alpha value is -0.930. The number of nitrogens with two attached hydrogens (primary N) is 1. The van der Waals surface area contributed by atoms with E-state index in [2.05, 4.69) is 11.8 Å². The van der Waals surface area contributed by atoms with Gasteiger partial charge in [-0.25, -0.2) is 4.39 Å². The van der Waals surface area contributed by atoms with E-state index in [0.29, 0.717) is 12.0 Å². The van der Waals surface area contributed by atoms with Gasteiger partial charge in [-0.1, -0.05) is 12.1 Å². The highest BCUT2D eigenvalue weighted by Gasteiger charge is 2.22. The minimum absolute atomic E-state index is 0.141. The first-order valence-electron chi connectivity index (χ1n) is 6.87. The van der Waals surface area contributed by atoms with Gasteiger partial charge in [-0.3, -0.25) is 0 Å². The molecule has 0 saturated carbocycles. The number of halogens is 1. The fourth-order valence-electron chi connectivity index (χ4n) is 2.82. The summed E-state index contributed by atoms with van der Waals surface area (Å²) in [6.07, 6.45) is 3.39. The highest BCUT2D eigenvalue weighted by molar-refractivity contribution is 5.17. The molecular formula is C15H23FN2. The van der Waals surface area contributed by atoms with Crippen LogP contribution in [-0.2, 0) is 6.42 Å². The zero-order valence-electron chi connectivity index (χ0n) is 11.1. The first-order chi connectivity index (χ1) is 8.69. The number of piperidine rings is 1. The first-order valence-corrected chi connectivity index (χ1v) is 6.87. The molecule has 0 aliphatic carbocycles. The average molecular weight is 250 g/mol. The van der Waals surface area contributed by atoms with Crippen LogP contribution in [0.5, 0.6) is 0 Å². The molecule has 1 aliphatic heterocycles. The van der Waals surface area contributed by atoms with Gasteiger partial charge in [-0.05, 0) is 62.9 Å². The summed E-state index contributed by atoms with van der Waals surface area (Å²) in [4.78, 5) is 2.49. The van der Waals surface area contributed by atoms with Crippen molar-refractivity contribution < 1.29 is 4.39 Å². The summed E-state index contributed by atoms with van der Waals surface area (Å²) in [5.41, 5.74) is 6.84. The third-order valence-electron chi connectivity index (χ3n) is 3.93. The Morgan fingerprint density at radius 2 is 2.33 bits per heavy atom. The SMILES string of the molecule is CC(Cc1cccc(F)c1)N1CCCC(CN)C1. The molecule has 0 aromatic heterocycles. The van der Waals surface area contributed by atoms with Crippen molar-refractivity contribution >= 4 is 0 Å². The third-order valence-corrected chi connectivity index (χ3v) is 3.93. The quantitative estimate of drug-likeness (QED) is 0.889. The monoisotopic (exact) mass is 250 g/mol. The highest BCUT2D eigenvalue weighted by Crippen LogP contribution is 2.19. The van der Waals surface area contributed by atoms with Crippen molar-refractivity contribution in [3.05, 3.63) is 35.6 Å². The molecular weight excluding hydrogens is 227 g/mol. The van der Waals surface area contributed by atoms with Crippen LogP contribution in [0.1, 0.15) is 25.3 Å². The third kappa shape index (κ3) is 3.53. The van der Waals surface area contributed by atoms with Crippen molar-refractivity contribution in [2.75, 3.05) is 19.6 Å². The van der Waals surface area contributed by atoms with Gasteiger partial charge < -0.3 is 10.6 Å². The van der Waals surface area contributed by atoms with Gasteiger partial charge in [0.15, 0.2) is 0 Å². The van der Waals surface area contributed by atoms with E-state index in [1.807, 2.05) is 6.07 Å². The van der Waals surface area contributed by atoms with Crippen LogP contribution in [0, 0.1) is 11.7 Å². The van der Waals surface area contributed by atoms with Gasteiger partial charge >= 0.3 is 0 Å². The molecule has 0 bridgehead atoms. The molecule has 2 atom stereocenters. The molecule has 1 aromatic rings. The molecule has 2 unspecified atom stereocenters. The maximum absolute atomic E-state index is 13.1. The Balaban J connectivity index is 1.93. The van der Waals surface area contributed by atoms with Crippen LogP contribution in [0.25, 0.3) is 0 Å².